The van der Waals surface area contributed by atoms with Crippen molar-refractivity contribution in [1.29, 1.82) is 0 Å². The van der Waals surface area contributed by atoms with Crippen molar-refractivity contribution in [2.45, 2.75) is 12.8 Å². The molecule has 0 spiro atoms. The molecule has 0 saturated carbocycles. The summed E-state index contributed by atoms with van der Waals surface area (Å²) < 4.78 is 24.7. The van der Waals surface area contributed by atoms with Crippen molar-refractivity contribution in [1.82, 2.24) is 25.0 Å². The molecule has 8 nitrogen and oxygen atoms in total. The van der Waals surface area contributed by atoms with Gasteiger partial charge >= 0.3 is 0 Å². The first-order chi connectivity index (χ1) is 10.9. The Bertz CT molecular complexity index is 817. The van der Waals surface area contributed by atoms with Gasteiger partial charge < -0.3 is 5.32 Å². The molecule has 1 aliphatic rings. The van der Waals surface area contributed by atoms with Gasteiger partial charge in [0, 0.05) is 25.2 Å². The molecule has 2 N–H and O–H groups in total. The summed E-state index contributed by atoms with van der Waals surface area (Å²) in [6.07, 6.45) is 2.95. The van der Waals surface area contributed by atoms with Gasteiger partial charge in [-0.25, -0.2) is 12.7 Å². The zero-order valence-electron chi connectivity index (χ0n) is 12.8. The van der Waals surface area contributed by atoms with E-state index in [4.69, 9.17) is 0 Å². The first kappa shape index (κ1) is 15.9. The van der Waals surface area contributed by atoms with E-state index in [-0.39, 0.29) is 11.8 Å². The number of nitrogens with one attached hydrogen (secondary N) is 2. The van der Waals surface area contributed by atoms with E-state index >= 15 is 0 Å². The molecule has 1 amide bonds. The summed E-state index contributed by atoms with van der Waals surface area (Å²) in [5.74, 6) is -0.0513. The molecule has 1 atom stereocenters. The number of hydrogen-bond acceptors (Lipinski definition) is 5. The molecule has 3 rings (SSSR count). The second kappa shape index (κ2) is 6.25. The fraction of sp³-hybridized carbons (Fsp3) is 0.500. The molecule has 1 aliphatic heterocycles. The molecule has 1 aromatic heterocycles. The lowest BCUT2D eigenvalue weighted by Crippen LogP contribution is -2.43. The molecule has 1 fully saturated rings. The zero-order chi connectivity index (χ0) is 16.4. The topological polar surface area (TPSA) is 108 Å². The number of amides is 1. The molecule has 1 saturated heterocycles. The highest BCUT2D eigenvalue weighted by Crippen LogP contribution is 2.18. The number of rotatable bonds is 4. The smallest absolute Gasteiger partial charge is 0.251 e. The van der Waals surface area contributed by atoms with Gasteiger partial charge in [0.2, 0.25) is 10.0 Å². The van der Waals surface area contributed by atoms with E-state index in [2.05, 4.69) is 20.7 Å². The monoisotopic (exact) mass is 337 g/mol. The van der Waals surface area contributed by atoms with Crippen molar-refractivity contribution < 1.29 is 13.2 Å². The average Bonchev–Trinajstić information content (AvgIpc) is 2.99. The Hall–Kier alpha value is -2.00. The first-order valence-corrected chi connectivity index (χ1v) is 9.32. The van der Waals surface area contributed by atoms with Gasteiger partial charge in [-0.15, -0.1) is 0 Å². The minimum Gasteiger partial charge on any atom is -0.352 e. The predicted molar refractivity (Wildman–Crippen MR) is 85.4 cm³/mol. The number of sulfonamides is 1. The van der Waals surface area contributed by atoms with Crippen molar-refractivity contribution in [3.8, 4) is 0 Å². The lowest BCUT2D eigenvalue weighted by molar-refractivity contribution is 0.0941. The Morgan fingerprint density at radius 2 is 2.17 bits per heavy atom. The molecule has 0 radical (unpaired) electrons. The van der Waals surface area contributed by atoms with Crippen LogP contribution in [0.25, 0.3) is 11.0 Å². The molecule has 2 aromatic rings. The normalized spacial score (nSPS) is 19.8. The van der Waals surface area contributed by atoms with Crippen LogP contribution in [0.1, 0.15) is 23.2 Å². The third kappa shape index (κ3) is 3.67. The van der Waals surface area contributed by atoms with Gasteiger partial charge in [-0.2, -0.15) is 15.4 Å². The molecule has 0 aliphatic carbocycles. The average molecular weight is 337 g/mol. The molecule has 23 heavy (non-hydrogen) atoms. The Morgan fingerprint density at radius 1 is 1.39 bits per heavy atom. The molecule has 0 unspecified atom stereocenters. The first-order valence-electron chi connectivity index (χ1n) is 7.47. The molecule has 9 heteroatoms. The fourth-order valence-electron chi connectivity index (χ4n) is 2.82. The van der Waals surface area contributed by atoms with E-state index in [0.29, 0.717) is 36.2 Å². The molecule has 0 bridgehead atoms. The van der Waals surface area contributed by atoms with E-state index in [1.54, 1.807) is 18.2 Å². The number of carbonyl (C=O) groups is 1. The van der Waals surface area contributed by atoms with E-state index in [1.807, 2.05) is 0 Å². The number of carbonyl (C=O) groups excluding carboxylic acids is 1. The highest BCUT2D eigenvalue weighted by atomic mass is 32.2. The number of hydrogen-bond donors (Lipinski definition) is 2. The molecule has 124 valence electrons. The maximum Gasteiger partial charge on any atom is 0.251 e. The zero-order valence-corrected chi connectivity index (χ0v) is 13.6. The summed E-state index contributed by atoms with van der Waals surface area (Å²) in [5, 5.41) is 13.3. The Kier molecular flexibility index (Phi) is 4.31. The summed E-state index contributed by atoms with van der Waals surface area (Å²) >= 11 is 0. The van der Waals surface area contributed by atoms with Crippen molar-refractivity contribution in [2.24, 2.45) is 5.92 Å². The third-order valence-corrected chi connectivity index (χ3v) is 5.35. The maximum atomic E-state index is 12.2. The van der Waals surface area contributed by atoms with E-state index in [0.717, 1.165) is 12.8 Å². The van der Waals surface area contributed by atoms with Crippen LogP contribution in [0.5, 0.6) is 0 Å². The van der Waals surface area contributed by atoms with Crippen molar-refractivity contribution in [3.05, 3.63) is 23.8 Å². The van der Waals surface area contributed by atoms with Crippen LogP contribution >= 0.6 is 0 Å². The number of aromatic nitrogens is 3. The lowest BCUT2D eigenvalue weighted by Gasteiger charge is -2.30. The van der Waals surface area contributed by atoms with Crippen LogP contribution in [0.2, 0.25) is 0 Å². The summed E-state index contributed by atoms with van der Waals surface area (Å²) in [6.45, 7) is 1.48. The lowest BCUT2D eigenvalue weighted by atomic mass is 9.99. The van der Waals surface area contributed by atoms with Crippen LogP contribution in [-0.2, 0) is 10.0 Å². The van der Waals surface area contributed by atoms with Crippen LogP contribution in [-0.4, -0.2) is 59.9 Å². The number of piperidine rings is 1. The van der Waals surface area contributed by atoms with Gasteiger partial charge in [-0.3, -0.25) is 4.79 Å². The highest BCUT2D eigenvalue weighted by Gasteiger charge is 2.26. The fourth-order valence-corrected chi connectivity index (χ4v) is 3.76. The molecule has 2 heterocycles. The summed E-state index contributed by atoms with van der Waals surface area (Å²) in [7, 11) is -3.17. The van der Waals surface area contributed by atoms with Crippen molar-refractivity contribution in [2.75, 3.05) is 25.9 Å². The van der Waals surface area contributed by atoms with E-state index in [9.17, 15) is 13.2 Å². The van der Waals surface area contributed by atoms with Gasteiger partial charge in [0.25, 0.3) is 5.91 Å². The van der Waals surface area contributed by atoms with Crippen LogP contribution in [0.4, 0.5) is 0 Å². The SMILES string of the molecule is CS(=O)(=O)N1CCC[C@H](CNC(=O)c2ccc3n[nH]nc3c2)C1. The minimum absolute atomic E-state index is 0.137. The second-order valence-electron chi connectivity index (χ2n) is 5.87. The molecular formula is C14H19N5O3S. The standard InChI is InChI=1S/C14H19N5O3S/c1-23(21,22)19-6-2-3-10(9-19)8-15-14(20)11-4-5-12-13(7-11)17-18-16-12/h4-5,7,10H,2-3,6,8-9H2,1H3,(H,15,20)(H,16,17,18)/t10-/m1/s1. The van der Waals surface area contributed by atoms with Gasteiger partial charge in [0.15, 0.2) is 0 Å². The number of fused-ring (bicyclic) bond motifs is 1. The minimum atomic E-state index is -3.17. The molecule has 1 aromatic carbocycles. The predicted octanol–water partition coefficient (Wildman–Crippen LogP) is 0.359. The van der Waals surface area contributed by atoms with Crippen LogP contribution in [0, 0.1) is 5.92 Å². The molecular weight excluding hydrogens is 318 g/mol. The Labute approximate surface area is 134 Å². The third-order valence-electron chi connectivity index (χ3n) is 4.08. The van der Waals surface area contributed by atoms with Gasteiger partial charge in [0.05, 0.1) is 6.26 Å². The second-order valence-corrected chi connectivity index (χ2v) is 7.85. The largest absolute Gasteiger partial charge is 0.352 e. The van der Waals surface area contributed by atoms with Crippen molar-refractivity contribution >= 4 is 27.0 Å². The van der Waals surface area contributed by atoms with Crippen LogP contribution < -0.4 is 5.32 Å². The van der Waals surface area contributed by atoms with Gasteiger partial charge in [-0.05, 0) is 37.0 Å². The van der Waals surface area contributed by atoms with Crippen molar-refractivity contribution in [3.63, 3.8) is 0 Å². The number of H-pyrrole nitrogens is 1. The van der Waals surface area contributed by atoms with Gasteiger partial charge in [-0.1, -0.05) is 0 Å². The van der Waals surface area contributed by atoms with E-state index in [1.165, 1.54) is 10.6 Å². The maximum absolute atomic E-state index is 12.2. The Morgan fingerprint density at radius 3 is 2.96 bits per heavy atom. The van der Waals surface area contributed by atoms with Gasteiger partial charge in [0.1, 0.15) is 11.0 Å². The number of aromatic amines is 1. The number of benzene rings is 1. The highest BCUT2D eigenvalue weighted by molar-refractivity contribution is 7.88. The quantitative estimate of drug-likeness (QED) is 0.837. The Balaban J connectivity index is 1.60. The summed E-state index contributed by atoms with van der Waals surface area (Å²) in [5.41, 5.74) is 1.86. The summed E-state index contributed by atoms with van der Waals surface area (Å²) in [4.78, 5) is 12.2. The van der Waals surface area contributed by atoms with Crippen LogP contribution in [0.3, 0.4) is 0 Å². The summed E-state index contributed by atoms with van der Waals surface area (Å²) in [6, 6.07) is 5.11. The van der Waals surface area contributed by atoms with E-state index < -0.39 is 10.0 Å². The van der Waals surface area contributed by atoms with Crippen LogP contribution in [0.15, 0.2) is 18.2 Å². The number of nitrogens with zero attached hydrogens (tertiary/aromatic N) is 3.